The second-order valence-electron chi connectivity index (χ2n) is 7.66. The molecule has 1 aromatic carbocycles. The maximum absolute atomic E-state index is 12.0. The highest BCUT2D eigenvalue weighted by Crippen LogP contribution is 2.17. The van der Waals surface area contributed by atoms with E-state index >= 15 is 0 Å². The van der Waals surface area contributed by atoms with Crippen LogP contribution in [0.4, 0.5) is 0 Å². The number of carbonyl (C=O) groups excluding carboxylic acids is 1. The van der Waals surface area contributed by atoms with Crippen LogP contribution in [0.2, 0.25) is 0 Å². The lowest BCUT2D eigenvalue weighted by Gasteiger charge is -2.11. The second-order valence-corrected chi connectivity index (χ2v) is 8.43. The van der Waals surface area contributed by atoms with E-state index in [1.807, 2.05) is 24.5 Å². The first kappa shape index (κ1) is 22.2. The van der Waals surface area contributed by atoms with Crippen molar-refractivity contribution in [1.29, 1.82) is 0 Å². The van der Waals surface area contributed by atoms with E-state index in [1.54, 1.807) is 17.8 Å². The van der Waals surface area contributed by atoms with E-state index in [9.17, 15) is 4.79 Å². The third-order valence-electron chi connectivity index (χ3n) is 4.43. The highest BCUT2D eigenvalue weighted by molar-refractivity contribution is 7.98. The number of hydrogen-bond donors (Lipinski definition) is 1. The van der Waals surface area contributed by atoms with Crippen LogP contribution in [0.5, 0.6) is 0 Å². The zero-order valence-corrected chi connectivity index (χ0v) is 18.4. The minimum absolute atomic E-state index is 0.0682. The third kappa shape index (κ3) is 6.82. The molecule has 0 spiro atoms. The number of aromatic nitrogens is 3. The standard InChI is InChI=1S/C22H32N4OS/c1-16(2)15-26-20(24-25-22(26)28-5)7-6-14-23-21(27)13-10-18-8-11-19(12-9-18)17(3)4/h8-13,16-17H,6-7,14-15H2,1-5H3,(H,23,27)/b13-10+. The zero-order chi connectivity index (χ0) is 20.5. The fourth-order valence-corrected chi connectivity index (χ4v) is 3.41. The molecule has 2 rings (SSSR count). The van der Waals surface area contributed by atoms with Crippen molar-refractivity contribution in [3.63, 3.8) is 0 Å². The summed E-state index contributed by atoms with van der Waals surface area (Å²) in [6.45, 7) is 10.3. The summed E-state index contributed by atoms with van der Waals surface area (Å²) in [5, 5.41) is 12.5. The molecule has 1 N–H and O–H groups in total. The number of thioether (sulfide) groups is 1. The van der Waals surface area contributed by atoms with Gasteiger partial charge in [-0.25, -0.2) is 0 Å². The van der Waals surface area contributed by atoms with Crippen molar-refractivity contribution in [2.24, 2.45) is 5.92 Å². The molecule has 0 saturated carbocycles. The molecule has 1 aromatic heterocycles. The topological polar surface area (TPSA) is 59.8 Å². The summed E-state index contributed by atoms with van der Waals surface area (Å²) in [5.41, 5.74) is 2.34. The predicted molar refractivity (Wildman–Crippen MR) is 118 cm³/mol. The van der Waals surface area contributed by atoms with Gasteiger partial charge in [-0.15, -0.1) is 10.2 Å². The van der Waals surface area contributed by atoms with Crippen LogP contribution in [-0.4, -0.2) is 33.5 Å². The summed E-state index contributed by atoms with van der Waals surface area (Å²) in [4.78, 5) is 12.0. The van der Waals surface area contributed by atoms with Crippen molar-refractivity contribution in [1.82, 2.24) is 20.1 Å². The zero-order valence-electron chi connectivity index (χ0n) is 17.6. The van der Waals surface area contributed by atoms with E-state index in [0.717, 1.165) is 35.9 Å². The molecule has 0 bridgehead atoms. The Morgan fingerprint density at radius 3 is 2.50 bits per heavy atom. The first-order chi connectivity index (χ1) is 13.4. The maximum atomic E-state index is 12.0. The van der Waals surface area contributed by atoms with E-state index in [1.165, 1.54) is 5.56 Å². The normalized spacial score (nSPS) is 11.7. The van der Waals surface area contributed by atoms with Gasteiger partial charge in [0, 0.05) is 25.6 Å². The minimum Gasteiger partial charge on any atom is -0.353 e. The molecule has 0 aliphatic rings. The molecule has 5 nitrogen and oxygen atoms in total. The molecule has 6 heteroatoms. The summed E-state index contributed by atoms with van der Waals surface area (Å²) in [6.07, 6.45) is 7.11. The Morgan fingerprint density at radius 2 is 1.89 bits per heavy atom. The SMILES string of the molecule is CSc1nnc(CCCNC(=O)/C=C/c2ccc(C(C)C)cc2)n1CC(C)C. The highest BCUT2D eigenvalue weighted by atomic mass is 32.2. The number of amides is 1. The Hall–Kier alpha value is -2.08. The fourth-order valence-electron chi connectivity index (χ4n) is 2.88. The molecule has 28 heavy (non-hydrogen) atoms. The molecular formula is C22H32N4OS. The molecule has 2 aromatic rings. The number of rotatable bonds is 10. The Labute approximate surface area is 173 Å². The highest BCUT2D eigenvalue weighted by Gasteiger charge is 2.12. The number of nitrogens with one attached hydrogen (secondary N) is 1. The summed E-state index contributed by atoms with van der Waals surface area (Å²) in [6, 6.07) is 8.31. The molecule has 0 fully saturated rings. The van der Waals surface area contributed by atoms with E-state index in [2.05, 4.69) is 59.9 Å². The van der Waals surface area contributed by atoms with E-state index < -0.39 is 0 Å². The number of hydrogen-bond acceptors (Lipinski definition) is 4. The van der Waals surface area contributed by atoms with Crippen molar-refractivity contribution in [3.05, 3.63) is 47.3 Å². The largest absolute Gasteiger partial charge is 0.353 e. The lowest BCUT2D eigenvalue weighted by Crippen LogP contribution is -2.23. The smallest absolute Gasteiger partial charge is 0.243 e. The van der Waals surface area contributed by atoms with Gasteiger partial charge in [0.1, 0.15) is 5.82 Å². The van der Waals surface area contributed by atoms with Crippen LogP contribution in [0.1, 0.15) is 57.0 Å². The van der Waals surface area contributed by atoms with Crippen LogP contribution in [-0.2, 0) is 17.8 Å². The Morgan fingerprint density at radius 1 is 1.18 bits per heavy atom. The number of carbonyl (C=O) groups is 1. The Bertz CT molecular complexity index is 778. The molecule has 1 heterocycles. The first-order valence-corrected chi connectivity index (χ1v) is 11.1. The van der Waals surface area contributed by atoms with Crippen LogP contribution >= 0.6 is 11.8 Å². The fraction of sp³-hybridized carbons (Fsp3) is 0.500. The average molecular weight is 401 g/mol. The number of aryl methyl sites for hydroxylation is 1. The van der Waals surface area contributed by atoms with Crippen LogP contribution in [0, 0.1) is 5.92 Å². The number of nitrogens with zero attached hydrogens (tertiary/aromatic N) is 3. The van der Waals surface area contributed by atoms with E-state index in [0.29, 0.717) is 18.4 Å². The molecule has 152 valence electrons. The van der Waals surface area contributed by atoms with E-state index in [4.69, 9.17) is 0 Å². The van der Waals surface area contributed by atoms with Crippen molar-refractivity contribution in [2.75, 3.05) is 12.8 Å². The lowest BCUT2D eigenvalue weighted by molar-refractivity contribution is -0.116. The molecule has 1 amide bonds. The van der Waals surface area contributed by atoms with Crippen LogP contribution < -0.4 is 5.32 Å². The van der Waals surface area contributed by atoms with Gasteiger partial charge in [-0.1, -0.05) is 63.7 Å². The van der Waals surface area contributed by atoms with Gasteiger partial charge < -0.3 is 9.88 Å². The third-order valence-corrected chi connectivity index (χ3v) is 5.10. The van der Waals surface area contributed by atoms with Gasteiger partial charge in [0.05, 0.1) is 0 Å². The lowest BCUT2D eigenvalue weighted by atomic mass is 10.0. The maximum Gasteiger partial charge on any atom is 0.243 e. The molecule has 0 aliphatic carbocycles. The molecule has 0 aliphatic heterocycles. The van der Waals surface area contributed by atoms with Gasteiger partial charge in [0.15, 0.2) is 5.16 Å². The molecule has 0 atom stereocenters. The molecule has 0 unspecified atom stereocenters. The van der Waals surface area contributed by atoms with Crippen LogP contribution in [0.3, 0.4) is 0 Å². The number of benzene rings is 1. The Kier molecular flexibility index (Phi) is 8.77. The van der Waals surface area contributed by atoms with Gasteiger partial charge >= 0.3 is 0 Å². The van der Waals surface area contributed by atoms with Crippen LogP contribution in [0.15, 0.2) is 35.5 Å². The summed E-state index contributed by atoms with van der Waals surface area (Å²) in [7, 11) is 0. The molecule has 0 radical (unpaired) electrons. The van der Waals surface area contributed by atoms with Gasteiger partial charge in [-0.05, 0) is 41.7 Å². The second kappa shape index (κ2) is 11.1. The molecular weight excluding hydrogens is 368 g/mol. The first-order valence-electron chi connectivity index (χ1n) is 9.92. The van der Waals surface area contributed by atoms with Crippen molar-refractivity contribution in [2.45, 2.75) is 58.2 Å². The average Bonchev–Trinajstić information content (AvgIpc) is 3.04. The van der Waals surface area contributed by atoms with E-state index in [-0.39, 0.29) is 5.91 Å². The van der Waals surface area contributed by atoms with Gasteiger partial charge in [0.2, 0.25) is 5.91 Å². The summed E-state index contributed by atoms with van der Waals surface area (Å²) >= 11 is 1.62. The summed E-state index contributed by atoms with van der Waals surface area (Å²) in [5.74, 6) is 1.98. The van der Waals surface area contributed by atoms with Gasteiger partial charge in [-0.3, -0.25) is 4.79 Å². The van der Waals surface area contributed by atoms with Gasteiger partial charge in [-0.2, -0.15) is 0 Å². The molecule has 0 saturated heterocycles. The van der Waals surface area contributed by atoms with Gasteiger partial charge in [0.25, 0.3) is 0 Å². The quantitative estimate of drug-likeness (QED) is 0.361. The monoisotopic (exact) mass is 400 g/mol. The van der Waals surface area contributed by atoms with Crippen LogP contribution in [0.25, 0.3) is 6.08 Å². The predicted octanol–water partition coefficient (Wildman–Crippen LogP) is 4.54. The Balaban J connectivity index is 1.79. The summed E-state index contributed by atoms with van der Waals surface area (Å²) < 4.78 is 2.19. The van der Waals surface area contributed by atoms with Crippen molar-refractivity contribution >= 4 is 23.7 Å². The van der Waals surface area contributed by atoms with Crippen molar-refractivity contribution in [3.8, 4) is 0 Å². The van der Waals surface area contributed by atoms with Crippen molar-refractivity contribution < 1.29 is 4.79 Å². The minimum atomic E-state index is -0.0682.